The molecule has 1 aliphatic heterocycles. The number of hydrogen-bond acceptors (Lipinski definition) is 3. The molecular formula is C14H24N2O2. The van der Waals surface area contributed by atoms with Crippen molar-refractivity contribution in [3.63, 3.8) is 0 Å². The van der Waals surface area contributed by atoms with Gasteiger partial charge in [-0.15, -0.1) is 0 Å². The number of carbonyl (C=O) groups excluding carboxylic acids is 1. The third-order valence-corrected chi connectivity index (χ3v) is 5.66. The van der Waals surface area contributed by atoms with Gasteiger partial charge in [-0.2, -0.15) is 0 Å². The van der Waals surface area contributed by atoms with Crippen LogP contribution in [0.4, 0.5) is 0 Å². The van der Waals surface area contributed by atoms with Crippen molar-refractivity contribution in [1.82, 2.24) is 10.2 Å². The van der Waals surface area contributed by atoms with Crippen LogP contribution in [-0.2, 0) is 4.79 Å². The van der Waals surface area contributed by atoms with Crippen molar-refractivity contribution >= 4 is 5.91 Å². The smallest absolute Gasteiger partial charge is 0.231 e. The van der Waals surface area contributed by atoms with E-state index < -0.39 is 11.5 Å². The van der Waals surface area contributed by atoms with Crippen molar-refractivity contribution in [3.05, 3.63) is 0 Å². The Hall–Kier alpha value is -0.610. The number of fused-ring (bicyclic) bond motifs is 2. The Balaban J connectivity index is 1.84. The number of hydrogen-bond donors (Lipinski definition) is 2. The maximum atomic E-state index is 12.8. The van der Waals surface area contributed by atoms with Crippen LogP contribution in [-0.4, -0.2) is 48.2 Å². The molecule has 2 saturated carbocycles. The Kier molecular flexibility index (Phi) is 2.72. The number of aliphatic hydroxyl groups is 1. The predicted octanol–water partition coefficient (Wildman–Crippen LogP) is 0.605. The zero-order chi connectivity index (χ0) is 13.0. The second kappa shape index (κ2) is 3.94. The summed E-state index contributed by atoms with van der Waals surface area (Å²) in [6, 6.07) is 0. The van der Waals surface area contributed by atoms with E-state index in [-0.39, 0.29) is 11.3 Å². The van der Waals surface area contributed by atoms with Gasteiger partial charge in [0.05, 0.1) is 11.5 Å². The highest BCUT2D eigenvalue weighted by Gasteiger charge is 2.65. The summed E-state index contributed by atoms with van der Waals surface area (Å²) in [4.78, 5) is 14.8. The van der Waals surface area contributed by atoms with E-state index in [2.05, 4.69) is 19.2 Å². The molecule has 3 atom stereocenters. The van der Waals surface area contributed by atoms with Crippen molar-refractivity contribution in [3.8, 4) is 0 Å². The highest BCUT2D eigenvalue weighted by atomic mass is 16.3. The van der Waals surface area contributed by atoms with Crippen molar-refractivity contribution in [2.75, 3.05) is 26.2 Å². The second-order valence-electron chi connectivity index (χ2n) is 6.86. The van der Waals surface area contributed by atoms with Gasteiger partial charge in [0.1, 0.15) is 0 Å². The molecule has 1 heterocycles. The summed E-state index contributed by atoms with van der Waals surface area (Å²) in [7, 11) is 0. The summed E-state index contributed by atoms with van der Waals surface area (Å²) in [5.74, 6) is 0.726. The summed E-state index contributed by atoms with van der Waals surface area (Å²) < 4.78 is 0. The first kappa shape index (κ1) is 12.4. The van der Waals surface area contributed by atoms with Crippen molar-refractivity contribution in [2.24, 2.45) is 16.7 Å². The summed E-state index contributed by atoms with van der Waals surface area (Å²) in [6.07, 6.45) is 2.41. The van der Waals surface area contributed by atoms with Crippen LogP contribution in [0.1, 0.15) is 33.1 Å². The van der Waals surface area contributed by atoms with Crippen molar-refractivity contribution in [2.45, 2.75) is 39.2 Å². The molecule has 18 heavy (non-hydrogen) atoms. The Labute approximate surface area is 109 Å². The Bertz CT molecular complexity index is 363. The lowest BCUT2D eigenvalue weighted by Gasteiger charge is -2.42. The van der Waals surface area contributed by atoms with Gasteiger partial charge in [0.2, 0.25) is 5.91 Å². The molecule has 2 aliphatic carbocycles. The Morgan fingerprint density at radius 3 is 2.56 bits per heavy atom. The molecule has 0 spiro atoms. The largest absolute Gasteiger partial charge is 0.391 e. The van der Waals surface area contributed by atoms with Crippen LogP contribution in [0.2, 0.25) is 0 Å². The third kappa shape index (κ3) is 1.48. The first-order valence-electron chi connectivity index (χ1n) is 7.17. The summed E-state index contributed by atoms with van der Waals surface area (Å²) in [5, 5.41) is 13.9. The van der Waals surface area contributed by atoms with Gasteiger partial charge < -0.3 is 15.3 Å². The van der Waals surface area contributed by atoms with Crippen LogP contribution in [0.5, 0.6) is 0 Å². The van der Waals surface area contributed by atoms with E-state index in [0.717, 1.165) is 45.4 Å². The van der Waals surface area contributed by atoms with E-state index in [4.69, 9.17) is 0 Å². The van der Waals surface area contributed by atoms with Gasteiger partial charge in [0.15, 0.2) is 0 Å². The second-order valence-corrected chi connectivity index (χ2v) is 6.86. The van der Waals surface area contributed by atoms with Crippen LogP contribution in [0, 0.1) is 16.7 Å². The lowest BCUT2D eigenvalue weighted by molar-refractivity contribution is -0.152. The average molecular weight is 252 g/mol. The highest BCUT2D eigenvalue weighted by molar-refractivity contribution is 5.84. The third-order valence-electron chi connectivity index (χ3n) is 5.66. The summed E-state index contributed by atoms with van der Waals surface area (Å²) >= 11 is 0. The van der Waals surface area contributed by atoms with Gasteiger partial charge in [-0.3, -0.25) is 4.79 Å². The lowest BCUT2D eigenvalue weighted by atomic mass is 9.69. The minimum atomic E-state index is -0.467. The molecule has 0 aromatic heterocycles. The van der Waals surface area contributed by atoms with E-state index in [9.17, 15) is 9.90 Å². The number of amides is 1. The molecule has 0 unspecified atom stereocenters. The lowest BCUT2D eigenvalue weighted by Crippen LogP contribution is -2.55. The summed E-state index contributed by atoms with van der Waals surface area (Å²) in [6.45, 7) is 7.58. The van der Waals surface area contributed by atoms with Gasteiger partial charge >= 0.3 is 0 Å². The van der Waals surface area contributed by atoms with Gasteiger partial charge in [0.25, 0.3) is 0 Å². The van der Waals surface area contributed by atoms with Gasteiger partial charge in [-0.1, -0.05) is 13.8 Å². The minimum Gasteiger partial charge on any atom is -0.391 e. The maximum Gasteiger partial charge on any atom is 0.231 e. The normalized spacial score (nSPS) is 42.3. The maximum absolute atomic E-state index is 12.8. The van der Waals surface area contributed by atoms with Crippen molar-refractivity contribution in [1.29, 1.82) is 0 Å². The molecule has 4 nitrogen and oxygen atoms in total. The molecule has 0 aromatic carbocycles. The van der Waals surface area contributed by atoms with E-state index in [1.165, 1.54) is 0 Å². The fourth-order valence-electron chi connectivity index (χ4n) is 4.39. The molecule has 2 N–H and O–H groups in total. The number of carbonyl (C=O) groups is 1. The molecule has 0 radical (unpaired) electrons. The number of aliphatic hydroxyl groups excluding tert-OH is 1. The fourth-order valence-corrected chi connectivity index (χ4v) is 4.39. The quantitative estimate of drug-likeness (QED) is 0.719. The molecule has 0 aromatic rings. The Morgan fingerprint density at radius 2 is 2.00 bits per heavy atom. The van der Waals surface area contributed by atoms with Crippen LogP contribution >= 0.6 is 0 Å². The predicted molar refractivity (Wildman–Crippen MR) is 69.0 cm³/mol. The average Bonchev–Trinajstić information content (AvgIpc) is 2.90. The number of nitrogens with one attached hydrogen (secondary N) is 1. The molecule has 3 fully saturated rings. The molecule has 1 amide bonds. The van der Waals surface area contributed by atoms with E-state index in [1.54, 1.807) is 0 Å². The number of piperazine rings is 1. The Morgan fingerprint density at radius 1 is 1.33 bits per heavy atom. The summed E-state index contributed by atoms with van der Waals surface area (Å²) in [5.41, 5.74) is -0.562. The van der Waals surface area contributed by atoms with E-state index >= 15 is 0 Å². The topological polar surface area (TPSA) is 52.6 Å². The highest BCUT2D eigenvalue weighted by Crippen LogP contribution is 2.63. The van der Waals surface area contributed by atoms with Gasteiger partial charge in [-0.25, -0.2) is 0 Å². The van der Waals surface area contributed by atoms with E-state index in [0.29, 0.717) is 5.92 Å². The first-order chi connectivity index (χ1) is 8.48. The zero-order valence-corrected chi connectivity index (χ0v) is 11.4. The monoisotopic (exact) mass is 252 g/mol. The molecular weight excluding hydrogens is 228 g/mol. The number of nitrogens with zero attached hydrogens (tertiary/aromatic N) is 1. The van der Waals surface area contributed by atoms with Gasteiger partial charge in [-0.05, 0) is 30.6 Å². The fraction of sp³-hybridized carbons (Fsp3) is 0.929. The standard InChI is InChI=1S/C14H24N2O2/c1-13(2)10-3-4-14(9-10,11(13)17)12(18)16-7-5-15-6-8-16/h10-11,15,17H,3-9H2,1-2H3/t10-,11-,14+/m1/s1. The van der Waals surface area contributed by atoms with Crippen LogP contribution in [0.15, 0.2) is 0 Å². The van der Waals surface area contributed by atoms with Crippen molar-refractivity contribution < 1.29 is 9.90 Å². The SMILES string of the molecule is CC1(C)[C@@H]2CC[C@](C(=O)N3CCNCC3)(C2)[C@@H]1O. The van der Waals surface area contributed by atoms with Crippen LogP contribution in [0.3, 0.4) is 0 Å². The molecule has 4 heteroatoms. The first-order valence-corrected chi connectivity index (χ1v) is 7.17. The number of rotatable bonds is 1. The molecule has 102 valence electrons. The van der Waals surface area contributed by atoms with E-state index in [1.807, 2.05) is 4.90 Å². The molecule has 1 saturated heterocycles. The van der Waals surface area contributed by atoms with Gasteiger partial charge in [0, 0.05) is 26.2 Å². The van der Waals surface area contributed by atoms with Crippen LogP contribution < -0.4 is 5.32 Å². The molecule has 2 bridgehead atoms. The molecule has 3 rings (SSSR count). The van der Waals surface area contributed by atoms with Crippen LogP contribution in [0.25, 0.3) is 0 Å². The minimum absolute atomic E-state index is 0.0953. The zero-order valence-electron chi connectivity index (χ0n) is 11.4. The molecule has 3 aliphatic rings.